The lowest BCUT2D eigenvalue weighted by Gasteiger charge is -2.33. The quantitative estimate of drug-likeness (QED) is 0.882. The number of rotatable bonds is 3. The molecule has 3 unspecified atom stereocenters. The molecule has 1 aliphatic carbocycles. The molecule has 3 atom stereocenters. The Labute approximate surface area is 99.9 Å². The van der Waals surface area contributed by atoms with Gasteiger partial charge in [0, 0.05) is 22.9 Å². The first kappa shape index (κ1) is 11.4. The molecule has 0 saturated heterocycles. The van der Waals surface area contributed by atoms with Crippen molar-refractivity contribution < 1.29 is 0 Å². The maximum atomic E-state index is 4.36. The van der Waals surface area contributed by atoms with Gasteiger partial charge >= 0.3 is 0 Å². The summed E-state index contributed by atoms with van der Waals surface area (Å²) in [7, 11) is 2.08. The monoisotopic (exact) mass is 242 g/mol. The van der Waals surface area contributed by atoms with Gasteiger partial charge in [-0.1, -0.05) is 18.7 Å². The lowest BCUT2D eigenvalue weighted by Crippen LogP contribution is -2.40. The number of hydrogen-bond donors (Lipinski definition) is 1. The van der Waals surface area contributed by atoms with Gasteiger partial charge in [0.2, 0.25) is 0 Å². The van der Waals surface area contributed by atoms with Crippen molar-refractivity contribution in [1.29, 1.82) is 0 Å². The minimum absolute atomic E-state index is 0.662. The fourth-order valence-corrected chi connectivity index (χ4v) is 4.55. The zero-order valence-electron chi connectivity index (χ0n) is 9.27. The summed E-state index contributed by atoms with van der Waals surface area (Å²) in [5, 5.41) is 6.20. The number of nitrogens with one attached hydrogen (secondary N) is 1. The van der Waals surface area contributed by atoms with Gasteiger partial charge in [-0.05, 0) is 32.2 Å². The highest BCUT2D eigenvalue weighted by molar-refractivity contribution is 8.01. The second kappa shape index (κ2) is 5.32. The summed E-state index contributed by atoms with van der Waals surface area (Å²) in [5.41, 5.74) is 0. The van der Waals surface area contributed by atoms with Crippen LogP contribution in [-0.4, -0.2) is 23.3 Å². The van der Waals surface area contributed by atoms with Crippen molar-refractivity contribution in [2.75, 3.05) is 7.05 Å². The van der Waals surface area contributed by atoms with E-state index in [1.165, 1.54) is 23.6 Å². The summed E-state index contributed by atoms with van der Waals surface area (Å²) in [6.45, 7) is 2.36. The molecular weight excluding hydrogens is 224 g/mol. The molecule has 2 nitrogen and oxygen atoms in total. The van der Waals surface area contributed by atoms with E-state index in [2.05, 4.69) is 29.7 Å². The van der Waals surface area contributed by atoms with Gasteiger partial charge in [0.05, 0.1) is 0 Å². The zero-order chi connectivity index (χ0) is 10.7. The Hall–Kier alpha value is -0.0600. The van der Waals surface area contributed by atoms with Crippen LogP contribution in [-0.2, 0) is 0 Å². The first-order valence-electron chi connectivity index (χ1n) is 5.53. The van der Waals surface area contributed by atoms with E-state index in [4.69, 9.17) is 0 Å². The number of thioether (sulfide) groups is 1. The molecule has 1 saturated carbocycles. The van der Waals surface area contributed by atoms with Gasteiger partial charge in [-0.3, -0.25) is 0 Å². The summed E-state index contributed by atoms with van der Waals surface area (Å²) in [6, 6.07) is 0.662. The molecule has 1 heterocycles. The number of thiazole rings is 1. The van der Waals surface area contributed by atoms with Crippen LogP contribution in [0.4, 0.5) is 0 Å². The molecule has 1 aliphatic rings. The summed E-state index contributed by atoms with van der Waals surface area (Å²) in [4.78, 5) is 4.36. The molecular formula is C11H18N2S2. The highest BCUT2D eigenvalue weighted by Gasteiger charge is 2.28. The van der Waals surface area contributed by atoms with Crippen LogP contribution in [0.1, 0.15) is 26.2 Å². The molecule has 2 rings (SSSR count). The van der Waals surface area contributed by atoms with Crippen molar-refractivity contribution in [1.82, 2.24) is 10.3 Å². The molecule has 1 aromatic rings. The predicted molar refractivity (Wildman–Crippen MR) is 67.6 cm³/mol. The van der Waals surface area contributed by atoms with Crippen LogP contribution < -0.4 is 5.32 Å². The highest BCUT2D eigenvalue weighted by Crippen LogP contribution is 2.36. The summed E-state index contributed by atoms with van der Waals surface area (Å²) < 4.78 is 1.22. The Morgan fingerprint density at radius 2 is 2.40 bits per heavy atom. The van der Waals surface area contributed by atoms with Crippen LogP contribution in [0, 0.1) is 5.92 Å². The molecule has 0 radical (unpaired) electrons. The second-order valence-electron chi connectivity index (χ2n) is 4.27. The van der Waals surface area contributed by atoms with E-state index in [9.17, 15) is 0 Å². The Bertz CT molecular complexity index is 287. The van der Waals surface area contributed by atoms with Crippen LogP contribution in [0.15, 0.2) is 15.9 Å². The van der Waals surface area contributed by atoms with E-state index in [1.54, 1.807) is 11.3 Å². The second-order valence-corrected chi connectivity index (χ2v) is 6.65. The average Bonchev–Trinajstić information content (AvgIpc) is 2.71. The largest absolute Gasteiger partial charge is 0.316 e. The van der Waals surface area contributed by atoms with Crippen LogP contribution in [0.2, 0.25) is 0 Å². The third-order valence-corrected chi connectivity index (χ3v) is 5.36. The highest BCUT2D eigenvalue weighted by atomic mass is 32.2. The van der Waals surface area contributed by atoms with Crippen molar-refractivity contribution in [3.05, 3.63) is 11.6 Å². The number of aromatic nitrogens is 1. The number of nitrogens with zero attached hydrogens (tertiary/aromatic N) is 1. The lowest BCUT2D eigenvalue weighted by atomic mass is 9.87. The topological polar surface area (TPSA) is 24.9 Å². The van der Waals surface area contributed by atoms with E-state index < -0.39 is 0 Å². The van der Waals surface area contributed by atoms with Crippen molar-refractivity contribution in [2.45, 2.75) is 41.8 Å². The van der Waals surface area contributed by atoms with Crippen molar-refractivity contribution in [2.24, 2.45) is 5.92 Å². The van der Waals surface area contributed by atoms with E-state index in [1.807, 2.05) is 18.0 Å². The van der Waals surface area contributed by atoms with E-state index in [0.29, 0.717) is 11.3 Å². The van der Waals surface area contributed by atoms with Gasteiger partial charge in [0.25, 0.3) is 0 Å². The van der Waals surface area contributed by atoms with E-state index in [0.717, 1.165) is 5.92 Å². The summed E-state index contributed by atoms with van der Waals surface area (Å²) in [6.07, 6.45) is 5.88. The standard InChI is InChI=1S/C11H18N2S2/c1-8-3-4-9(12-2)10(7-8)15-11-13-5-6-14-11/h5-6,8-10,12H,3-4,7H2,1-2H3. The Morgan fingerprint density at radius 1 is 1.53 bits per heavy atom. The Balaban J connectivity index is 1.98. The van der Waals surface area contributed by atoms with Crippen LogP contribution in [0.25, 0.3) is 0 Å². The molecule has 1 fully saturated rings. The molecule has 4 heteroatoms. The maximum absolute atomic E-state index is 4.36. The molecule has 84 valence electrons. The summed E-state index contributed by atoms with van der Waals surface area (Å²) in [5.74, 6) is 0.868. The van der Waals surface area contributed by atoms with Crippen LogP contribution >= 0.6 is 23.1 Å². The van der Waals surface area contributed by atoms with Crippen molar-refractivity contribution >= 4 is 23.1 Å². The van der Waals surface area contributed by atoms with Gasteiger partial charge in [-0.25, -0.2) is 4.98 Å². The predicted octanol–water partition coefficient (Wildman–Crippen LogP) is 3.01. The molecule has 0 aromatic carbocycles. The van der Waals surface area contributed by atoms with E-state index >= 15 is 0 Å². The molecule has 1 aromatic heterocycles. The van der Waals surface area contributed by atoms with Crippen LogP contribution in [0.3, 0.4) is 0 Å². The van der Waals surface area contributed by atoms with Crippen molar-refractivity contribution in [3.63, 3.8) is 0 Å². The lowest BCUT2D eigenvalue weighted by molar-refractivity contribution is 0.329. The zero-order valence-corrected chi connectivity index (χ0v) is 10.9. The molecule has 0 spiro atoms. The Kier molecular flexibility index (Phi) is 4.05. The average molecular weight is 242 g/mol. The van der Waals surface area contributed by atoms with Crippen LogP contribution in [0.5, 0.6) is 0 Å². The van der Waals surface area contributed by atoms with Gasteiger partial charge in [-0.2, -0.15) is 0 Å². The molecule has 0 bridgehead atoms. The Morgan fingerprint density at radius 3 is 3.07 bits per heavy atom. The SMILES string of the molecule is CNC1CCC(C)CC1Sc1nccs1. The van der Waals surface area contributed by atoms with Gasteiger partial charge in [0.15, 0.2) is 0 Å². The normalized spacial score (nSPS) is 31.7. The van der Waals surface area contributed by atoms with Gasteiger partial charge in [0.1, 0.15) is 4.34 Å². The minimum atomic E-state index is 0.662. The molecule has 1 N–H and O–H groups in total. The van der Waals surface area contributed by atoms with Gasteiger partial charge < -0.3 is 5.32 Å². The van der Waals surface area contributed by atoms with Crippen molar-refractivity contribution in [3.8, 4) is 0 Å². The first-order chi connectivity index (χ1) is 7.29. The maximum Gasteiger partial charge on any atom is 0.150 e. The third kappa shape index (κ3) is 2.95. The fourth-order valence-electron chi connectivity index (χ4n) is 2.19. The number of hydrogen-bond acceptors (Lipinski definition) is 4. The minimum Gasteiger partial charge on any atom is -0.316 e. The molecule has 15 heavy (non-hydrogen) atoms. The first-order valence-corrected chi connectivity index (χ1v) is 7.29. The van der Waals surface area contributed by atoms with Gasteiger partial charge in [-0.15, -0.1) is 11.3 Å². The third-order valence-electron chi connectivity index (χ3n) is 3.09. The molecule has 0 amide bonds. The fraction of sp³-hybridized carbons (Fsp3) is 0.727. The molecule has 0 aliphatic heterocycles. The summed E-state index contributed by atoms with van der Waals surface area (Å²) >= 11 is 3.71. The van der Waals surface area contributed by atoms with E-state index in [-0.39, 0.29) is 0 Å². The smallest absolute Gasteiger partial charge is 0.150 e.